The van der Waals surface area contributed by atoms with Gasteiger partial charge in [0.2, 0.25) is 11.4 Å². The van der Waals surface area contributed by atoms with Gasteiger partial charge in [0.1, 0.15) is 5.56 Å². The fourth-order valence-corrected chi connectivity index (χ4v) is 3.96. The van der Waals surface area contributed by atoms with E-state index in [9.17, 15) is 14.7 Å². The zero-order chi connectivity index (χ0) is 19.8. The lowest BCUT2D eigenvalue weighted by atomic mass is 10.2. The number of aromatic nitrogens is 4. The molecule has 3 aromatic rings. The van der Waals surface area contributed by atoms with Crippen molar-refractivity contribution in [3.63, 3.8) is 0 Å². The number of nitrogens with zero attached hydrogens (tertiary/aromatic N) is 5. The van der Waals surface area contributed by atoms with Gasteiger partial charge >= 0.3 is 5.97 Å². The van der Waals surface area contributed by atoms with Gasteiger partial charge < -0.3 is 20.1 Å². The third-order valence-corrected chi connectivity index (χ3v) is 5.58. The van der Waals surface area contributed by atoms with Gasteiger partial charge in [-0.25, -0.2) is 14.8 Å². The maximum atomic E-state index is 12.6. The van der Waals surface area contributed by atoms with Crippen molar-refractivity contribution in [2.75, 3.05) is 32.1 Å². The van der Waals surface area contributed by atoms with Gasteiger partial charge in [0.05, 0.1) is 17.5 Å². The van der Waals surface area contributed by atoms with Gasteiger partial charge in [-0.15, -0.1) is 11.3 Å². The molecule has 3 aromatic heterocycles. The molecular weight excluding hydrogens is 384 g/mol. The number of aromatic carboxylic acids is 1. The first-order chi connectivity index (χ1) is 13.5. The van der Waals surface area contributed by atoms with Crippen LogP contribution in [0.3, 0.4) is 0 Å². The molecule has 4 rings (SSSR count). The van der Waals surface area contributed by atoms with Crippen LogP contribution in [0.2, 0.25) is 0 Å². The van der Waals surface area contributed by atoms with Crippen molar-refractivity contribution in [1.29, 1.82) is 0 Å². The molecule has 0 aromatic carbocycles. The number of hydrogen-bond donors (Lipinski definition) is 2. The van der Waals surface area contributed by atoms with E-state index in [1.54, 1.807) is 18.7 Å². The number of anilines is 1. The molecule has 0 aliphatic carbocycles. The van der Waals surface area contributed by atoms with Gasteiger partial charge in [-0.05, 0) is 7.05 Å². The highest BCUT2D eigenvalue weighted by atomic mass is 32.1. The van der Waals surface area contributed by atoms with Crippen molar-refractivity contribution >= 4 is 34.3 Å². The van der Waals surface area contributed by atoms with E-state index in [4.69, 9.17) is 4.74 Å². The van der Waals surface area contributed by atoms with E-state index in [1.165, 1.54) is 28.3 Å². The summed E-state index contributed by atoms with van der Waals surface area (Å²) in [7, 11) is 3.53. The molecule has 2 atom stereocenters. The third kappa shape index (κ3) is 3.03. The number of fused-ring (bicyclic) bond motifs is 1. The summed E-state index contributed by atoms with van der Waals surface area (Å²) in [5.41, 5.74) is -0.655. The number of methoxy groups -OCH3 is 1. The molecule has 4 heterocycles. The van der Waals surface area contributed by atoms with Crippen molar-refractivity contribution < 1.29 is 14.6 Å². The molecule has 28 heavy (non-hydrogen) atoms. The van der Waals surface area contributed by atoms with Crippen LogP contribution in [-0.4, -0.2) is 70.0 Å². The average Bonchev–Trinajstić information content (AvgIpc) is 3.37. The van der Waals surface area contributed by atoms with E-state index in [1.807, 2.05) is 11.9 Å². The normalized spacial score (nSPS) is 19.4. The Bertz CT molecular complexity index is 1070. The van der Waals surface area contributed by atoms with Gasteiger partial charge in [0.25, 0.3) is 0 Å². The summed E-state index contributed by atoms with van der Waals surface area (Å²) in [5, 5.41) is 15.0. The highest BCUT2D eigenvalue weighted by molar-refractivity contribution is 7.12. The molecule has 146 valence electrons. The molecule has 2 N–H and O–H groups in total. The monoisotopic (exact) mass is 402 g/mol. The first-order valence-corrected chi connectivity index (χ1v) is 9.42. The van der Waals surface area contributed by atoms with E-state index in [0.717, 1.165) is 0 Å². The van der Waals surface area contributed by atoms with Gasteiger partial charge in [0, 0.05) is 44.2 Å². The molecular formula is C17H18N6O4S. The summed E-state index contributed by atoms with van der Waals surface area (Å²) in [6.07, 6.45) is 4.24. The van der Waals surface area contributed by atoms with E-state index < -0.39 is 11.4 Å². The minimum Gasteiger partial charge on any atom is -0.477 e. The zero-order valence-electron chi connectivity index (χ0n) is 15.2. The van der Waals surface area contributed by atoms with E-state index >= 15 is 0 Å². The molecule has 0 spiro atoms. The number of hydrogen-bond acceptors (Lipinski definition) is 9. The van der Waals surface area contributed by atoms with Crippen LogP contribution in [0.5, 0.6) is 0 Å². The molecule has 0 unspecified atom stereocenters. The topological polar surface area (TPSA) is 122 Å². The van der Waals surface area contributed by atoms with Gasteiger partial charge in [-0.2, -0.15) is 4.98 Å². The van der Waals surface area contributed by atoms with Crippen molar-refractivity contribution in [3.05, 3.63) is 39.8 Å². The first-order valence-electron chi connectivity index (χ1n) is 8.54. The average molecular weight is 402 g/mol. The van der Waals surface area contributed by atoms with E-state index in [0.29, 0.717) is 29.8 Å². The molecule has 1 saturated heterocycles. The third-order valence-electron chi connectivity index (χ3n) is 4.81. The Morgan fingerprint density at radius 1 is 1.39 bits per heavy atom. The molecule has 10 nitrogen and oxygen atoms in total. The summed E-state index contributed by atoms with van der Waals surface area (Å²) >= 11 is 1.32. The maximum absolute atomic E-state index is 12.6. The molecule has 0 bridgehead atoms. The van der Waals surface area contributed by atoms with Crippen LogP contribution < -0.4 is 15.6 Å². The zero-order valence-corrected chi connectivity index (χ0v) is 16.0. The Morgan fingerprint density at radius 3 is 2.82 bits per heavy atom. The second kappa shape index (κ2) is 7.26. The number of ether oxygens (including phenoxy) is 1. The van der Waals surface area contributed by atoms with Crippen LogP contribution in [0.25, 0.3) is 16.2 Å². The maximum Gasteiger partial charge on any atom is 0.341 e. The van der Waals surface area contributed by atoms with Crippen LogP contribution in [0.1, 0.15) is 10.4 Å². The highest BCUT2D eigenvalue weighted by Gasteiger charge is 2.33. The largest absolute Gasteiger partial charge is 0.477 e. The molecule has 1 fully saturated rings. The molecule has 0 radical (unpaired) electrons. The summed E-state index contributed by atoms with van der Waals surface area (Å²) in [4.78, 5) is 39.2. The van der Waals surface area contributed by atoms with E-state index in [-0.39, 0.29) is 23.1 Å². The fraction of sp³-hybridized carbons (Fsp3) is 0.353. The number of carboxylic acids is 1. The SMILES string of the molecule is CN[C@H]1CN(c2ncc3c(=O)c(C(=O)O)cn(-c4nccs4)c3n2)C[C@@H]1OC. The molecule has 11 heteroatoms. The van der Waals surface area contributed by atoms with Crippen molar-refractivity contribution in [1.82, 2.24) is 24.8 Å². The van der Waals surface area contributed by atoms with Crippen LogP contribution in [0.4, 0.5) is 5.95 Å². The van der Waals surface area contributed by atoms with Gasteiger partial charge in [-0.3, -0.25) is 9.36 Å². The molecule has 0 saturated carbocycles. The summed E-state index contributed by atoms with van der Waals surface area (Å²) < 4.78 is 7.03. The lowest BCUT2D eigenvalue weighted by Gasteiger charge is -2.17. The van der Waals surface area contributed by atoms with Crippen LogP contribution in [0, 0.1) is 0 Å². The van der Waals surface area contributed by atoms with Crippen LogP contribution in [0.15, 0.2) is 28.8 Å². The Kier molecular flexibility index (Phi) is 4.79. The Hall–Kier alpha value is -2.89. The smallest absolute Gasteiger partial charge is 0.341 e. The molecule has 1 aliphatic rings. The number of nitrogens with one attached hydrogen (secondary N) is 1. The predicted molar refractivity (Wildman–Crippen MR) is 104 cm³/mol. The highest BCUT2D eigenvalue weighted by Crippen LogP contribution is 2.22. The summed E-state index contributed by atoms with van der Waals surface area (Å²) in [6, 6.07) is 0.125. The first kappa shape index (κ1) is 18.5. The Morgan fingerprint density at radius 2 is 2.21 bits per heavy atom. The van der Waals surface area contributed by atoms with Crippen molar-refractivity contribution in [2.45, 2.75) is 12.1 Å². The van der Waals surface area contributed by atoms with Crippen molar-refractivity contribution in [3.8, 4) is 5.13 Å². The molecule has 0 amide bonds. The van der Waals surface area contributed by atoms with Crippen molar-refractivity contribution in [2.24, 2.45) is 0 Å². The second-order valence-corrected chi connectivity index (χ2v) is 7.22. The summed E-state index contributed by atoms with van der Waals surface area (Å²) in [6.45, 7) is 1.25. The van der Waals surface area contributed by atoms with Crippen LogP contribution >= 0.6 is 11.3 Å². The predicted octanol–water partition coefficient (Wildman–Crippen LogP) is 0.358. The number of thiazole rings is 1. The lowest BCUT2D eigenvalue weighted by Crippen LogP contribution is -2.37. The molecule has 1 aliphatic heterocycles. The Labute approximate surface area is 163 Å². The second-order valence-electron chi connectivity index (χ2n) is 6.34. The number of carbonyl (C=O) groups is 1. The quantitative estimate of drug-likeness (QED) is 0.623. The van der Waals surface area contributed by atoms with E-state index in [2.05, 4.69) is 20.3 Å². The number of pyridine rings is 1. The standard InChI is InChI=1S/C17H18N6O4S/c1-18-11-7-22(8-12(11)27-2)16-20-5-9-13(24)10(15(25)26)6-23(14(9)21-16)17-19-3-4-28-17/h3-6,11-12,18H,7-8H2,1-2H3,(H,25,26)/t11-,12-/m0/s1. The van der Waals surface area contributed by atoms with Gasteiger partial charge in [0.15, 0.2) is 10.8 Å². The minimum atomic E-state index is -1.30. The fourth-order valence-electron chi connectivity index (χ4n) is 3.34. The summed E-state index contributed by atoms with van der Waals surface area (Å²) in [5.74, 6) is -0.860. The Balaban J connectivity index is 1.87. The number of carboxylic acid groups (broad SMARTS) is 1. The minimum absolute atomic E-state index is 0.0140. The van der Waals surface area contributed by atoms with Gasteiger partial charge in [-0.1, -0.05) is 0 Å². The lowest BCUT2D eigenvalue weighted by molar-refractivity contribution is 0.0695. The number of rotatable bonds is 5. The number of likely N-dealkylation sites (N-methyl/N-ethyl adjacent to an activating group) is 1. The van der Waals surface area contributed by atoms with Crippen LogP contribution in [-0.2, 0) is 4.74 Å².